The minimum atomic E-state index is -0.569. The molecule has 0 N–H and O–H groups in total. The predicted molar refractivity (Wildman–Crippen MR) is 56.4 cm³/mol. The Kier molecular flexibility index (Phi) is 3.54. The normalized spacial score (nSPS) is 10.4. The van der Waals surface area contributed by atoms with E-state index in [0.717, 1.165) is 5.76 Å². The number of hydrogen-bond acceptors (Lipinski definition) is 6. The van der Waals surface area contributed by atoms with Gasteiger partial charge in [0.05, 0.1) is 12.9 Å². The maximum atomic E-state index is 11.3. The van der Waals surface area contributed by atoms with Crippen LogP contribution in [-0.4, -0.2) is 22.7 Å². The van der Waals surface area contributed by atoms with Gasteiger partial charge in [-0.25, -0.2) is 4.79 Å². The fourth-order valence-corrected chi connectivity index (χ4v) is 1.32. The van der Waals surface area contributed by atoms with Crippen LogP contribution >= 0.6 is 0 Å². The second kappa shape index (κ2) is 5.29. The molecule has 0 aromatic carbocycles. The zero-order chi connectivity index (χ0) is 12.1. The van der Waals surface area contributed by atoms with Crippen LogP contribution in [0.15, 0.2) is 27.3 Å². The van der Waals surface area contributed by atoms with Crippen molar-refractivity contribution >= 4 is 5.97 Å². The zero-order valence-electron chi connectivity index (χ0n) is 9.38. The molecule has 0 unspecified atom stereocenters. The van der Waals surface area contributed by atoms with E-state index in [-0.39, 0.29) is 12.4 Å². The summed E-state index contributed by atoms with van der Waals surface area (Å²) in [4.78, 5) is 15.2. The number of nitrogens with zero attached hydrogens (tertiary/aromatic N) is 2. The number of ether oxygens (including phenoxy) is 1. The Morgan fingerprint density at radius 3 is 3.06 bits per heavy atom. The third-order valence-electron chi connectivity index (χ3n) is 2.09. The summed E-state index contributed by atoms with van der Waals surface area (Å²) in [6.07, 6.45) is 2.78. The molecule has 2 rings (SSSR count). The molecular formula is C11H12N2O4. The molecule has 2 aromatic rings. The van der Waals surface area contributed by atoms with Crippen LogP contribution in [0.5, 0.6) is 0 Å². The van der Waals surface area contributed by atoms with Crippen LogP contribution in [0.4, 0.5) is 0 Å². The fraction of sp³-hybridized carbons (Fsp3) is 0.364. The first-order valence-corrected chi connectivity index (χ1v) is 5.31. The van der Waals surface area contributed by atoms with Crippen molar-refractivity contribution in [2.45, 2.75) is 19.8 Å². The highest BCUT2D eigenvalue weighted by molar-refractivity contribution is 5.84. The molecule has 0 saturated carbocycles. The molecule has 17 heavy (non-hydrogen) atoms. The quantitative estimate of drug-likeness (QED) is 0.734. The Morgan fingerprint density at radius 1 is 1.47 bits per heavy atom. The summed E-state index contributed by atoms with van der Waals surface area (Å²) in [6, 6.07) is 3.68. The molecule has 2 heterocycles. The van der Waals surface area contributed by atoms with E-state index in [0.29, 0.717) is 18.7 Å². The standard InChI is InChI=1S/C11H12N2O4/c1-2-15-11(14)10-12-9(17-13-10)6-5-8-4-3-7-16-8/h3-4,7H,2,5-6H2,1H3. The van der Waals surface area contributed by atoms with E-state index in [1.165, 1.54) is 0 Å². The van der Waals surface area contributed by atoms with Crippen LogP contribution in [0.1, 0.15) is 29.2 Å². The van der Waals surface area contributed by atoms with Crippen molar-refractivity contribution in [1.29, 1.82) is 0 Å². The maximum absolute atomic E-state index is 11.3. The van der Waals surface area contributed by atoms with Crippen molar-refractivity contribution in [2.24, 2.45) is 0 Å². The van der Waals surface area contributed by atoms with Crippen molar-refractivity contribution in [2.75, 3.05) is 6.61 Å². The summed E-state index contributed by atoms with van der Waals surface area (Å²) < 4.78 is 14.8. The lowest BCUT2D eigenvalue weighted by atomic mass is 10.2. The first-order valence-electron chi connectivity index (χ1n) is 5.31. The lowest BCUT2D eigenvalue weighted by Crippen LogP contribution is -2.06. The monoisotopic (exact) mass is 236 g/mol. The summed E-state index contributed by atoms with van der Waals surface area (Å²) in [7, 11) is 0. The Bertz CT molecular complexity index is 475. The Hall–Kier alpha value is -2.11. The molecule has 0 aliphatic heterocycles. The molecule has 90 valence electrons. The van der Waals surface area contributed by atoms with Gasteiger partial charge >= 0.3 is 5.97 Å². The van der Waals surface area contributed by atoms with Gasteiger partial charge in [0.1, 0.15) is 5.76 Å². The van der Waals surface area contributed by atoms with Gasteiger partial charge in [0, 0.05) is 12.8 Å². The van der Waals surface area contributed by atoms with E-state index in [1.54, 1.807) is 13.2 Å². The summed E-state index contributed by atoms with van der Waals surface area (Å²) in [5.41, 5.74) is 0. The van der Waals surface area contributed by atoms with Crippen LogP contribution in [0.2, 0.25) is 0 Å². The number of rotatable bonds is 5. The molecular weight excluding hydrogens is 224 g/mol. The van der Waals surface area contributed by atoms with Crippen molar-refractivity contribution in [3.8, 4) is 0 Å². The molecule has 0 amide bonds. The summed E-state index contributed by atoms with van der Waals surface area (Å²) in [5, 5.41) is 3.54. The topological polar surface area (TPSA) is 78.4 Å². The molecule has 6 nitrogen and oxygen atoms in total. The number of carbonyl (C=O) groups excluding carboxylic acids is 1. The van der Waals surface area contributed by atoms with Gasteiger partial charge in [-0.3, -0.25) is 0 Å². The van der Waals surface area contributed by atoms with Crippen molar-refractivity contribution < 1.29 is 18.5 Å². The Morgan fingerprint density at radius 2 is 2.35 bits per heavy atom. The first-order chi connectivity index (χ1) is 8.29. The predicted octanol–water partition coefficient (Wildman–Crippen LogP) is 1.62. The van der Waals surface area contributed by atoms with Crippen LogP contribution < -0.4 is 0 Å². The maximum Gasteiger partial charge on any atom is 0.379 e. The number of aryl methyl sites for hydroxylation is 2. The molecule has 0 atom stereocenters. The number of furan rings is 1. The molecule has 6 heteroatoms. The number of hydrogen-bond donors (Lipinski definition) is 0. The summed E-state index contributed by atoms with van der Waals surface area (Å²) in [6.45, 7) is 2.00. The molecule has 2 aromatic heterocycles. The van der Waals surface area contributed by atoms with Gasteiger partial charge in [0.25, 0.3) is 5.82 Å². The third-order valence-corrected chi connectivity index (χ3v) is 2.09. The molecule has 0 bridgehead atoms. The van der Waals surface area contributed by atoms with Crippen molar-refractivity contribution in [1.82, 2.24) is 10.1 Å². The van der Waals surface area contributed by atoms with E-state index < -0.39 is 5.97 Å². The lowest BCUT2D eigenvalue weighted by molar-refractivity contribution is 0.0508. The number of carbonyl (C=O) groups is 1. The average Bonchev–Trinajstić information content (AvgIpc) is 2.98. The minimum Gasteiger partial charge on any atom is -0.469 e. The van der Waals surface area contributed by atoms with E-state index in [9.17, 15) is 4.79 Å². The van der Waals surface area contributed by atoms with Gasteiger partial charge in [-0.15, -0.1) is 0 Å². The van der Waals surface area contributed by atoms with E-state index in [1.807, 2.05) is 12.1 Å². The molecule has 0 spiro atoms. The second-order valence-electron chi connectivity index (χ2n) is 3.31. The first kappa shape index (κ1) is 11.4. The Labute approximate surface area is 97.6 Å². The number of aromatic nitrogens is 2. The van der Waals surface area contributed by atoms with Gasteiger partial charge in [0.2, 0.25) is 5.89 Å². The SMILES string of the molecule is CCOC(=O)c1noc(CCc2ccco2)n1. The molecule has 0 aliphatic rings. The second-order valence-corrected chi connectivity index (χ2v) is 3.31. The van der Waals surface area contributed by atoms with Gasteiger partial charge in [-0.2, -0.15) is 4.98 Å². The van der Waals surface area contributed by atoms with E-state index >= 15 is 0 Å². The molecule has 0 aliphatic carbocycles. The van der Waals surface area contributed by atoms with E-state index in [4.69, 9.17) is 13.7 Å². The molecule has 0 fully saturated rings. The van der Waals surface area contributed by atoms with Gasteiger partial charge in [0.15, 0.2) is 0 Å². The molecule has 0 radical (unpaired) electrons. The Balaban J connectivity index is 1.92. The van der Waals surface area contributed by atoms with Crippen LogP contribution in [0.3, 0.4) is 0 Å². The van der Waals surface area contributed by atoms with Crippen molar-refractivity contribution in [3.05, 3.63) is 35.9 Å². The van der Waals surface area contributed by atoms with Crippen molar-refractivity contribution in [3.63, 3.8) is 0 Å². The fourth-order valence-electron chi connectivity index (χ4n) is 1.32. The minimum absolute atomic E-state index is 0.0405. The van der Waals surface area contributed by atoms with Crippen LogP contribution in [0.25, 0.3) is 0 Å². The molecule has 0 saturated heterocycles. The van der Waals surface area contributed by atoms with Gasteiger partial charge in [-0.1, -0.05) is 0 Å². The number of esters is 1. The summed E-state index contributed by atoms with van der Waals surface area (Å²) >= 11 is 0. The third kappa shape index (κ3) is 2.93. The van der Waals surface area contributed by atoms with Crippen LogP contribution in [0, 0.1) is 0 Å². The largest absolute Gasteiger partial charge is 0.469 e. The highest BCUT2D eigenvalue weighted by Gasteiger charge is 2.15. The highest BCUT2D eigenvalue weighted by Crippen LogP contribution is 2.06. The zero-order valence-corrected chi connectivity index (χ0v) is 9.38. The average molecular weight is 236 g/mol. The van der Waals surface area contributed by atoms with Gasteiger partial charge in [-0.05, 0) is 24.2 Å². The smallest absolute Gasteiger partial charge is 0.379 e. The highest BCUT2D eigenvalue weighted by atomic mass is 16.5. The van der Waals surface area contributed by atoms with Gasteiger partial charge < -0.3 is 13.7 Å². The lowest BCUT2D eigenvalue weighted by Gasteiger charge is -1.93. The summed E-state index contributed by atoms with van der Waals surface area (Å²) in [5.74, 6) is 0.618. The van der Waals surface area contributed by atoms with Crippen LogP contribution in [-0.2, 0) is 17.6 Å². The van der Waals surface area contributed by atoms with E-state index in [2.05, 4.69) is 10.1 Å².